The number of hydrogen-bond acceptors (Lipinski definition) is 5. The van der Waals surface area contributed by atoms with E-state index >= 15 is 0 Å². The van der Waals surface area contributed by atoms with Gasteiger partial charge < -0.3 is 5.32 Å². The molecule has 2 aromatic carbocycles. The fourth-order valence-corrected chi connectivity index (χ4v) is 3.48. The smallest absolute Gasteiger partial charge is 0.273 e. The van der Waals surface area contributed by atoms with Gasteiger partial charge in [0, 0.05) is 27.1 Å². The molecule has 0 aliphatic heterocycles. The lowest BCUT2D eigenvalue weighted by Crippen LogP contribution is -2.15. The summed E-state index contributed by atoms with van der Waals surface area (Å²) in [6.45, 7) is 1.92. The molecule has 132 valence electrons. The number of halogens is 1. The Morgan fingerprint density at radius 1 is 1.23 bits per heavy atom. The number of para-hydroxylation sites is 1. The summed E-state index contributed by atoms with van der Waals surface area (Å²) in [6, 6.07) is 13.5. The molecule has 0 aliphatic rings. The summed E-state index contributed by atoms with van der Waals surface area (Å²) in [7, 11) is 0. The highest BCUT2D eigenvalue weighted by Crippen LogP contribution is 2.31. The van der Waals surface area contributed by atoms with Crippen molar-refractivity contribution in [2.45, 2.75) is 13.3 Å². The van der Waals surface area contributed by atoms with Gasteiger partial charge in [0.05, 0.1) is 17.0 Å². The van der Waals surface area contributed by atoms with E-state index in [2.05, 4.69) is 10.3 Å². The number of amides is 1. The average molecular weight is 388 g/mol. The Morgan fingerprint density at radius 2 is 1.92 bits per heavy atom. The van der Waals surface area contributed by atoms with E-state index in [4.69, 9.17) is 11.6 Å². The maximum atomic E-state index is 12.3. The number of rotatable bonds is 5. The van der Waals surface area contributed by atoms with Crippen molar-refractivity contribution in [3.63, 3.8) is 0 Å². The van der Waals surface area contributed by atoms with Gasteiger partial charge in [-0.05, 0) is 19.1 Å². The molecule has 0 radical (unpaired) electrons. The van der Waals surface area contributed by atoms with Crippen LogP contribution in [0.4, 0.5) is 10.8 Å². The zero-order chi connectivity index (χ0) is 18.7. The van der Waals surface area contributed by atoms with Crippen molar-refractivity contribution in [1.82, 2.24) is 4.98 Å². The normalized spacial score (nSPS) is 10.5. The number of aromatic nitrogens is 1. The van der Waals surface area contributed by atoms with Crippen LogP contribution in [0.2, 0.25) is 5.02 Å². The van der Waals surface area contributed by atoms with E-state index in [9.17, 15) is 14.9 Å². The Morgan fingerprint density at radius 3 is 2.62 bits per heavy atom. The predicted octanol–water partition coefficient (Wildman–Crippen LogP) is 4.86. The van der Waals surface area contributed by atoms with Crippen LogP contribution in [-0.4, -0.2) is 15.8 Å². The maximum Gasteiger partial charge on any atom is 0.273 e. The van der Waals surface area contributed by atoms with Gasteiger partial charge in [0.2, 0.25) is 5.91 Å². The molecule has 0 bridgehead atoms. The minimum absolute atomic E-state index is 0.0696. The third-order valence-electron chi connectivity index (χ3n) is 3.70. The minimum atomic E-state index is -0.491. The van der Waals surface area contributed by atoms with Gasteiger partial charge in [-0.3, -0.25) is 14.9 Å². The predicted molar refractivity (Wildman–Crippen MR) is 103 cm³/mol. The largest absolute Gasteiger partial charge is 0.302 e. The fourth-order valence-electron chi connectivity index (χ4n) is 2.50. The monoisotopic (exact) mass is 387 g/mol. The first-order chi connectivity index (χ1) is 12.4. The van der Waals surface area contributed by atoms with Gasteiger partial charge in [-0.1, -0.05) is 41.9 Å². The first kappa shape index (κ1) is 18.0. The molecule has 8 heteroatoms. The Balaban J connectivity index is 1.76. The van der Waals surface area contributed by atoms with Gasteiger partial charge in [-0.25, -0.2) is 4.98 Å². The minimum Gasteiger partial charge on any atom is -0.302 e. The molecule has 1 N–H and O–H groups in total. The summed E-state index contributed by atoms with van der Waals surface area (Å²) in [5, 5.41) is 14.9. The molecule has 1 heterocycles. The molecule has 3 aromatic rings. The van der Waals surface area contributed by atoms with Crippen molar-refractivity contribution < 1.29 is 9.72 Å². The molecule has 0 aliphatic carbocycles. The summed E-state index contributed by atoms with van der Waals surface area (Å²) in [5.74, 6) is -0.351. The molecular formula is C18H14ClN3O3S. The van der Waals surface area contributed by atoms with Gasteiger partial charge in [0.25, 0.3) is 5.69 Å². The van der Waals surface area contributed by atoms with Crippen molar-refractivity contribution >= 4 is 39.7 Å². The molecule has 1 amide bonds. The summed E-state index contributed by atoms with van der Waals surface area (Å²) >= 11 is 7.26. The molecule has 6 nitrogen and oxygen atoms in total. The van der Waals surface area contributed by atoms with E-state index < -0.39 is 4.92 Å². The number of carbonyl (C=O) groups excluding carboxylic acids is 1. The van der Waals surface area contributed by atoms with Crippen molar-refractivity contribution in [3.05, 3.63) is 74.1 Å². The summed E-state index contributed by atoms with van der Waals surface area (Å²) in [4.78, 5) is 28.2. The molecule has 0 atom stereocenters. The van der Waals surface area contributed by atoms with E-state index in [0.717, 1.165) is 16.1 Å². The van der Waals surface area contributed by atoms with Crippen LogP contribution in [0.1, 0.15) is 10.4 Å². The SMILES string of the molecule is Cc1sc(NC(=O)Cc2ccccc2[N+](=O)[O-])nc1-c1ccc(Cl)cc1. The van der Waals surface area contributed by atoms with Crippen LogP contribution >= 0.6 is 22.9 Å². The second-order valence-electron chi connectivity index (χ2n) is 5.54. The zero-order valence-electron chi connectivity index (χ0n) is 13.7. The van der Waals surface area contributed by atoms with Gasteiger partial charge in [0.1, 0.15) is 0 Å². The van der Waals surface area contributed by atoms with E-state index in [-0.39, 0.29) is 18.0 Å². The second kappa shape index (κ2) is 7.63. The number of anilines is 1. The molecule has 0 saturated heterocycles. The number of nitro groups is 1. The highest BCUT2D eigenvalue weighted by atomic mass is 35.5. The third kappa shape index (κ3) is 4.07. The molecule has 3 rings (SSSR count). The molecule has 0 unspecified atom stereocenters. The van der Waals surface area contributed by atoms with Crippen LogP contribution in [0.5, 0.6) is 0 Å². The van der Waals surface area contributed by atoms with Crippen molar-refractivity contribution in [3.8, 4) is 11.3 Å². The van der Waals surface area contributed by atoms with Crippen LogP contribution in [0, 0.1) is 17.0 Å². The lowest BCUT2D eigenvalue weighted by Gasteiger charge is -2.03. The van der Waals surface area contributed by atoms with Crippen LogP contribution in [-0.2, 0) is 11.2 Å². The maximum absolute atomic E-state index is 12.3. The molecule has 0 spiro atoms. The lowest BCUT2D eigenvalue weighted by atomic mass is 10.1. The summed E-state index contributed by atoms with van der Waals surface area (Å²) in [6.07, 6.45) is -0.0912. The number of hydrogen-bond donors (Lipinski definition) is 1. The Kier molecular flexibility index (Phi) is 5.29. The third-order valence-corrected chi connectivity index (χ3v) is 4.84. The Labute approximate surface area is 158 Å². The number of aryl methyl sites for hydroxylation is 1. The number of thiazole rings is 1. The standard InChI is InChI=1S/C18H14ClN3O3S/c1-11-17(12-6-8-14(19)9-7-12)21-18(26-11)20-16(23)10-13-4-2-3-5-15(13)22(24)25/h2-9H,10H2,1H3,(H,20,21,23). The number of nitrogens with one attached hydrogen (secondary N) is 1. The lowest BCUT2D eigenvalue weighted by molar-refractivity contribution is -0.385. The van der Waals surface area contributed by atoms with Gasteiger partial charge in [0.15, 0.2) is 5.13 Å². The van der Waals surface area contributed by atoms with Gasteiger partial charge in [-0.2, -0.15) is 0 Å². The van der Waals surface area contributed by atoms with Crippen molar-refractivity contribution in [1.29, 1.82) is 0 Å². The van der Waals surface area contributed by atoms with Gasteiger partial charge >= 0.3 is 0 Å². The second-order valence-corrected chi connectivity index (χ2v) is 7.18. The topological polar surface area (TPSA) is 85.1 Å². The number of carbonyl (C=O) groups is 1. The Hall–Kier alpha value is -2.77. The highest BCUT2D eigenvalue weighted by Gasteiger charge is 2.17. The van der Waals surface area contributed by atoms with Crippen molar-refractivity contribution in [2.24, 2.45) is 0 Å². The van der Waals surface area contributed by atoms with E-state index in [1.807, 2.05) is 19.1 Å². The number of benzene rings is 2. The number of nitro benzene ring substituents is 1. The van der Waals surface area contributed by atoms with Crippen LogP contribution in [0.15, 0.2) is 48.5 Å². The highest BCUT2D eigenvalue weighted by molar-refractivity contribution is 7.16. The van der Waals surface area contributed by atoms with Crippen molar-refractivity contribution in [2.75, 3.05) is 5.32 Å². The molecule has 26 heavy (non-hydrogen) atoms. The van der Waals surface area contributed by atoms with Gasteiger partial charge in [-0.15, -0.1) is 11.3 Å². The quantitative estimate of drug-likeness (QED) is 0.500. The molecule has 0 saturated carbocycles. The zero-order valence-corrected chi connectivity index (χ0v) is 15.3. The Bertz CT molecular complexity index is 970. The molecule has 1 aromatic heterocycles. The van der Waals surface area contributed by atoms with E-state index in [0.29, 0.717) is 15.7 Å². The summed E-state index contributed by atoms with van der Waals surface area (Å²) < 4.78 is 0. The molecule has 0 fully saturated rings. The summed E-state index contributed by atoms with van der Waals surface area (Å²) in [5.41, 5.74) is 1.97. The first-order valence-corrected chi connectivity index (χ1v) is 8.89. The first-order valence-electron chi connectivity index (χ1n) is 7.69. The van der Waals surface area contributed by atoms with Crippen LogP contribution < -0.4 is 5.32 Å². The van der Waals surface area contributed by atoms with Crippen LogP contribution in [0.25, 0.3) is 11.3 Å². The molecular weight excluding hydrogens is 374 g/mol. The van der Waals surface area contributed by atoms with E-state index in [1.54, 1.807) is 30.3 Å². The number of nitrogens with zero attached hydrogens (tertiary/aromatic N) is 2. The average Bonchev–Trinajstić information content (AvgIpc) is 2.96. The van der Waals surface area contributed by atoms with E-state index in [1.165, 1.54) is 17.4 Å². The fraction of sp³-hybridized carbons (Fsp3) is 0.111. The van der Waals surface area contributed by atoms with Crippen LogP contribution in [0.3, 0.4) is 0 Å².